The van der Waals surface area contributed by atoms with Crippen LogP contribution >= 0.6 is 23.1 Å². The molecule has 192 valence electrons. The van der Waals surface area contributed by atoms with Crippen LogP contribution in [0.15, 0.2) is 29.2 Å². The van der Waals surface area contributed by atoms with Gasteiger partial charge in [0.05, 0.1) is 31.1 Å². The van der Waals surface area contributed by atoms with Crippen molar-refractivity contribution in [3.63, 3.8) is 0 Å². The van der Waals surface area contributed by atoms with Gasteiger partial charge < -0.3 is 24.4 Å². The van der Waals surface area contributed by atoms with E-state index < -0.39 is 30.4 Å². The maximum Gasteiger partial charge on any atom is 0.348 e. The number of thioether (sulfide) groups is 1. The Morgan fingerprint density at radius 1 is 1.00 bits per heavy atom. The zero-order chi connectivity index (χ0) is 26.2. The molecule has 1 aromatic heterocycles. The minimum Gasteiger partial charge on any atom is -0.465 e. The second kappa shape index (κ2) is 12.5. The average Bonchev–Trinajstić information content (AvgIpc) is 3.53. The monoisotopic (exact) mass is 534 g/mol. The van der Waals surface area contributed by atoms with E-state index >= 15 is 0 Å². The first-order valence-electron chi connectivity index (χ1n) is 11.0. The molecule has 1 aliphatic heterocycles. The number of rotatable bonds is 9. The highest BCUT2D eigenvalue weighted by Gasteiger charge is 2.27. The molecule has 0 radical (unpaired) electrons. The van der Waals surface area contributed by atoms with E-state index in [1.54, 1.807) is 29.2 Å². The Morgan fingerprint density at radius 2 is 1.67 bits per heavy atom. The van der Waals surface area contributed by atoms with Gasteiger partial charge in [-0.25, -0.2) is 14.4 Å². The van der Waals surface area contributed by atoms with Gasteiger partial charge in [-0.3, -0.25) is 9.59 Å². The molecule has 3 rings (SSSR count). The van der Waals surface area contributed by atoms with E-state index in [0.29, 0.717) is 10.5 Å². The number of thiophene rings is 1. The summed E-state index contributed by atoms with van der Waals surface area (Å²) in [5.41, 5.74) is 0.562. The number of methoxy groups -OCH3 is 2. The summed E-state index contributed by atoms with van der Waals surface area (Å²) < 4.78 is 14.7. The highest BCUT2D eigenvalue weighted by atomic mass is 32.2. The standard InChI is InChI=1S/C24H26N2O8S2/c1-14-19(23(30)32-2)21(36-20(14)24(31)33-3)25-17(27)12-34-22(29)15-8-4-5-9-16(15)35-13-18(28)26-10-6-7-11-26/h4-5,8-9H,6-7,10-13H2,1-3H3,(H,25,27). The number of benzene rings is 1. The predicted octanol–water partition coefficient (Wildman–Crippen LogP) is 3.14. The minimum absolute atomic E-state index is 0.0130. The molecular weight excluding hydrogens is 508 g/mol. The van der Waals surface area contributed by atoms with Crippen LogP contribution in [-0.4, -0.2) is 74.3 Å². The Hall–Kier alpha value is -3.38. The second-order valence-electron chi connectivity index (χ2n) is 7.74. The summed E-state index contributed by atoms with van der Waals surface area (Å²) in [6.07, 6.45) is 2.00. The molecule has 0 atom stereocenters. The van der Waals surface area contributed by atoms with Crippen LogP contribution in [0.2, 0.25) is 0 Å². The van der Waals surface area contributed by atoms with Crippen molar-refractivity contribution in [2.75, 3.05) is 45.0 Å². The summed E-state index contributed by atoms with van der Waals surface area (Å²) in [5, 5.41) is 2.58. The fourth-order valence-corrected chi connectivity index (χ4v) is 5.64. The molecule has 0 saturated carbocycles. The molecule has 0 bridgehead atoms. The largest absolute Gasteiger partial charge is 0.465 e. The number of nitrogens with zero attached hydrogens (tertiary/aromatic N) is 1. The van der Waals surface area contributed by atoms with Gasteiger partial charge in [0.15, 0.2) is 6.61 Å². The number of amides is 2. The van der Waals surface area contributed by atoms with Crippen LogP contribution in [0.25, 0.3) is 0 Å². The van der Waals surface area contributed by atoms with Crippen molar-refractivity contribution in [1.82, 2.24) is 4.90 Å². The molecule has 2 heterocycles. The maximum atomic E-state index is 12.7. The number of hydrogen-bond acceptors (Lipinski definition) is 10. The molecule has 1 aliphatic rings. The van der Waals surface area contributed by atoms with Gasteiger partial charge in [-0.2, -0.15) is 0 Å². The minimum atomic E-state index is -0.736. The molecule has 0 aliphatic carbocycles. The molecular formula is C24H26N2O8S2. The molecule has 2 amide bonds. The Balaban J connectivity index is 1.64. The topological polar surface area (TPSA) is 128 Å². The summed E-state index contributed by atoms with van der Waals surface area (Å²) in [4.78, 5) is 64.3. The van der Waals surface area contributed by atoms with Crippen molar-refractivity contribution in [2.24, 2.45) is 0 Å². The number of nitrogens with one attached hydrogen (secondary N) is 1. The zero-order valence-corrected chi connectivity index (χ0v) is 21.7. The van der Waals surface area contributed by atoms with Crippen molar-refractivity contribution in [1.29, 1.82) is 0 Å². The van der Waals surface area contributed by atoms with E-state index in [1.807, 2.05) is 0 Å². The first-order valence-corrected chi connectivity index (χ1v) is 12.8. The number of likely N-dealkylation sites (tertiary alicyclic amines) is 1. The third-order valence-electron chi connectivity index (χ3n) is 5.41. The lowest BCUT2D eigenvalue weighted by atomic mass is 10.1. The Labute approximate surface area is 216 Å². The van der Waals surface area contributed by atoms with E-state index in [-0.39, 0.29) is 32.7 Å². The highest BCUT2D eigenvalue weighted by molar-refractivity contribution is 8.00. The third kappa shape index (κ3) is 6.43. The zero-order valence-electron chi connectivity index (χ0n) is 20.1. The molecule has 1 aromatic carbocycles. The summed E-state index contributed by atoms with van der Waals surface area (Å²) in [6.45, 7) is 2.41. The van der Waals surface area contributed by atoms with Crippen LogP contribution in [0.5, 0.6) is 0 Å². The lowest BCUT2D eigenvalue weighted by Crippen LogP contribution is -2.29. The van der Waals surface area contributed by atoms with Gasteiger partial charge in [-0.15, -0.1) is 23.1 Å². The van der Waals surface area contributed by atoms with Crippen LogP contribution in [0.3, 0.4) is 0 Å². The fourth-order valence-electron chi connectivity index (χ4n) is 3.57. The first-order chi connectivity index (χ1) is 17.3. The highest BCUT2D eigenvalue weighted by Crippen LogP contribution is 2.34. The number of carbonyl (C=O) groups is 5. The van der Waals surface area contributed by atoms with Gasteiger partial charge >= 0.3 is 17.9 Å². The molecule has 0 spiro atoms. The smallest absolute Gasteiger partial charge is 0.348 e. The van der Waals surface area contributed by atoms with E-state index in [1.165, 1.54) is 32.9 Å². The predicted molar refractivity (Wildman–Crippen MR) is 134 cm³/mol. The third-order valence-corrected chi connectivity index (χ3v) is 7.66. The second-order valence-corrected chi connectivity index (χ2v) is 9.78. The quantitative estimate of drug-likeness (QED) is 0.293. The van der Waals surface area contributed by atoms with E-state index in [2.05, 4.69) is 5.32 Å². The van der Waals surface area contributed by atoms with Gasteiger partial charge in [0.1, 0.15) is 9.88 Å². The molecule has 1 fully saturated rings. The molecule has 10 nitrogen and oxygen atoms in total. The number of esters is 3. The fraction of sp³-hybridized carbons (Fsp3) is 0.375. The molecule has 1 saturated heterocycles. The lowest BCUT2D eigenvalue weighted by Gasteiger charge is -2.15. The van der Waals surface area contributed by atoms with Gasteiger partial charge in [0, 0.05) is 18.0 Å². The van der Waals surface area contributed by atoms with Crippen LogP contribution < -0.4 is 5.32 Å². The van der Waals surface area contributed by atoms with Gasteiger partial charge in [0.2, 0.25) is 5.91 Å². The van der Waals surface area contributed by atoms with Crippen molar-refractivity contribution in [3.05, 3.63) is 45.8 Å². The molecule has 1 N–H and O–H groups in total. The van der Waals surface area contributed by atoms with Crippen molar-refractivity contribution >= 4 is 57.8 Å². The Bertz CT molecular complexity index is 1170. The number of hydrogen-bond donors (Lipinski definition) is 1. The van der Waals surface area contributed by atoms with Crippen LogP contribution in [-0.2, 0) is 23.8 Å². The maximum absolute atomic E-state index is 12.7. The number of ether oxygens (including phenoxy) is 3. The van der Waals surface area contributed by atoms with E-state index in [4.69, 9.17) is 14.2 Å². The Morgan fingerprint density at radius 3 is 2.33 bits per heavy atom. The van der Waals surface area contributed by atoms with Gasteiger partial charge in [0.25, 0.3) is 5.91 Å². The number of carbonyl (C=O) groups excluding carboxylic acids is 5. The van der Waals surface area contributed by atoms with E-state index in [9.17, 15) is 24.0 Å². The summed E-state index contributed by atoms with van der Waals surface area (Å²) in [5.74, 6) is -2.62. The van der Waals surface area contributed by atoms with Crippen molar-refractivity contribution < 1.29 is 38.2 Å². The lowest BCUT2D eigenvalue weighted by molar-refractivity contribution is -0.127. The van der Waals surface area contributed by atoms with Crippen molar-refractivity contribution in [2.45, 2.75) is 24.7 Å². The first kappa shape index (κ1) is 27.2. The molecule has 0 unspecified atom stereocenters. The van der Waals surface area contributed by atoms with E-state index in [0.717, 1.165) is 37.3 Å². The molecule has 2 aromatic rings. The SMILES string of the molecule is COC(=O)c1sc(NC(=O)COC(=O)c2ccccc2SCC(=O)N2CCCC2)c(C(=O)OC)c1C. The summed E-state index contributed by atoms with van der Waals surface area (Å²) >= 11 is 2.09. The summed E-state index contributed by atoms with van der Waals surface area (Å²) in [7, 11) is 2.38. The number of anilines is 1. The normalized spacial score (nSPS) is 12.7. The average molecular weight is 535 g/mol. The molecule has 12 heteroatoms. The van der Waals surface area contributed by atoms with Gasteiger partial charge in [-0.05, 0) is 37.5 Å². The van der Waals surface area contributed by atoms with Gasteiger partial charge in [-0.1, -0.05) is 12.1 Å². The van der Waals surface area contributed by atoms with Crippen LogP contribution in [0.1, 0.15) is 48.8 Å². The summed E-state index contributed by atoms with van der Waals surface area (Å²) in [6, 6.07) is 6.68. The molecule has 36 heavy (non-hydrogen) atoms. The van der Waals surface area contributed by atoms with Crippen LogP contribution in [0, 0.1) is 6.92 Å². The Kier molecular flexibility index (Phi) is 9.48. The van der Waals surface area contributed by atoms with Crippen molar-refractivity contribution in [3.8, 4) is 0 Å². The van der Waals surface area contributed by atoms with Crippen LogP contribution in [0.4, 0.5) is 5.00 Å².